The quantitative estimate of drug-likeness (QED) is 0.0306. The van der Waals surface area contributed by atoms with E-state index < -0.39 is 97.1 Å². The molecule has 1 heterocycles. The van der Waals surface area contributed by atoms with E-state index >= 15 is 0 Å². The number of rotatable bonds is 34. The molecule has 1 fully saturated rings. The van der Waals surface area contributed by atoms with E-state index in [1.807, 2.05) is 0 Å². The lowest BCUT2D eigenvalue weighted by atomic mass is 9.96. The van der Waals surface area contributed by atoms with Crippen LogP contribution in [0.15, 0.2) is 0 Å². The van der Waals surface area contributed by atoms with Crippen molar-refractivity contribution in [2.45, 2.75) is 224 Å². The van der Waals surface area contributed by atoms with Crippen LogP contribution in [0.2, 0.25) is 1.41 Å². The lowest BCUT2D eigenvalue weighted by Gasteiger charge is -2.43. The summed E-state index contributed by atoms with van der Waals surface area (Å²) < 4.78 is 35.5. The monoisotopic (exact) mass is 888 g/mol. The second-order valence-corrected chi connectivity index (χ2v) is 16.2. The normalized spacial score (nSPS) is 20.7. The van der Waals surface area contributed by atoms with E-state index in [1.54, 1.807) is 0 Å². The van der Waals surface area contributed by atoms with Crippen LogP contribution in [-0.4, -0.2) is 120 Å². The number of carbonyl (C=O) groups excluding carboxylic acids is 7. The number of hydrogen-bond acceptors (Lipinski definition) is 14. The number of esters is 3. The molecule has 1 aliphatic rings. The van der Waals surface area contributed by atoms with Gasteiger partial charge in [0.25, 0.3) is 0 Å². The molecular formula is C44H78N4O14. The molecule has 0 aromatic heterocycles. The second-order valence-electron chi connectivity index (χ2n) is 16.2. The number of amides is 4. The molecule has 1 aliphatic heterocycles. The maximum atomic E-state index is 13.3. The van der Waals surface area contributed by atoms with Crippen molar-refractivity contribution >= 4 is 41.5 Å². The molecule has 18 heteroatoms. The molecule has 0 radical (unpaired) electrons. The first kappa shape index (κ1) is 54.3. The van der Waals surface area contributed by atoms with Gasteiger partial charge in [0, 0.05) is 19.8 Å². The number of aliphatic hydroxyl groups is 2. The third-order valence-electron chi connectivity index (χ3n) is 10.7. The number of methoxy groups -OCH3 is 1. The number of unbranched alkanes of at least 4 members (excludes halogenated alkanes) is 14. The predicted molar refractivity (Wildman–Crippen MR) is 229 cm³/mol. The van der Waals surface area contributed by atoms with Gasteiger partial charge in [-0.25, -0.2) is 0 Å². The number of carbonyl (C=O) groups is 7. The van der Waals surface area contributed by atoms with Crippen LogP contribution in [0.3, 0.4) is 0 Å². The van der Waals surface area contributed by atoms with Gasteiger partial charge in [0.05, 0.1) is 13.5 Å². The van der Waals surface area contributed by atoms with Crippen LogP contribution >= 0.6 is 0 Å². The second kappa shape index (κ2) is 32.8. The summed E-state index contributed by atoms with van der Waals surface area (Å²) in [4.78, 5) is 87.8. The van der Waals surface area contributed by atoms with Crippen LogP contribution in [-0.2, 0) is 57.2 Å². The zero-order valence-electron chi connectivity index (χ0n) is 39.1. The summed E-state index contributed by atoms with van der Waals surface area (Å²) in [5.74, 6) is -5.40. The molecule has 62 heavy (non-hydrogen) atoms. The van der Waals surface area contributed by atoms with Crippen LogP contribution in [0.5, 0.6) is 0 Å². The maximum absolute atomic E-state index is 13.3. The summed E-state index contributed by atoms with van der Waals surface area (Å²) in [7, 11) is 1.15. The zero-order valence-corrected chi connectivity index (χ0v) is 38.1. The van der Waals surface area contributed by atoms with E-state index in [2.05, 4.69) is 29.2 Å². The van der Waals surface area contributed by atoms with Gasteiger partial charge in [0.1, 0.15) is 55.3 Å². The topological polar surface area (TPSA) is 268 Å². The molecule has 1 saturated heterocycles. The van der Waals surface area contributed by atoms with Gasteiger partial charge in [-0.3, -0.25) is 33.6 Å². The van der Waals surface area contributed by atoms with Gasteiger partial charge in [-0.1, -0.05) is 104 Å². The summed E-state index contributed by atoms with van der Waals surface area (Å²) in [6.45, 7) is 7.31. The van der Waals surface area contributed by atoms with E-state index in [-0.39, 0.29) is 37.0 Å². The van der Waals surface area contributed by atoms with Gasteiger partial charge in [-0.2, -0.15) is 0 Å². The fraction of sp³-hybridized carbons (Fsp3) is 0.841. The Bertz CT molecular complexity index is 1390. The number of ether oxygens (including phenoxy) is 5. The molecule has 0 spiro atoms. The standard InChI is InChI=1S/C44H78N4O14/c1-7-9-11-13-15-16-18-20-22-24-36(51)61-32(23-21-19-17-14-12-10-8-2)27-37(52)59-28-34-39(53)40(38(44(57)62-34)47-31(5)49)60-30(4)43(56)46-29(3)42(55)48-33(41(45)54)25-26-35(50)58-6/h29-30,32-34,38-40,44,53,57H,7-28H2,1-6H3,(H2,45,54)(H,46,56)(H,47,49)(H,48,55)/t29-,30+,32+,33-,34+,38+,39+,40+,44?/m0/s1/i/hD. The molecule has 4 amide bonds. The maximum Gasteiger partial charge on any atom is 0.309 e. The highest BCUT2D eigenvalue weighted by atomic mass is 16.6. The molecule has 18 nitrogen and oxygen atoms in total. The average molecular weight is 888 g/mol. The third kappa shape index (κ3) is 24.1. The third-order valence-corrected chi connectivity index (χ3v) is 10.7. The van der Waals surface area contributed by atoms with Gasteiger partial charge in [-0.05, 0) is 39.5 Å². The van der Waals surface area contributed by atoms with E-state index in [9.17, 15) is 43.8 Å². The molecule has 0 aromatic carbocycles. The fourth-order valence-electron chi connectivity index (χ4n) is 6.99. The van der Waals surface area contributed by atoms with Crippen LogP contribution in [0.25, 0.3) is 0 Å². The minimum absolute atomic E-state index is 0.191. The molecule has 0 aromatic rings. The fourth-order valence-corrected chi connectivity index (χ4v) is 6.99. The van der Waals surface area contributed by atoms with Gasteiger partial charge in [0.15, 0.2) is 7.70 Å². The highest BCUT2D eigenvalue weighted by Gasteiger charge is 2.47. The van der Waals surface area contributed by atoms with Crippen molar-refractivity contribution in [1.29, 1.82) is 0 Å². The summed E-state index contributed by atoms with van der Waals surface area (Å²) in [6, 6.07) is -4.24. The molecule has 358 valence electrons. The lowest BCUT2D eigenvalue weighted by Crippen LogP contribution is -2.66. The van der Waals surface area contributed by atoms with Crippen molar-refractivity contribution < 1.29 is 68.9 Å². The molecule has 0 bridgehead atoms. The van der Waals surface area contributed by atoms with Crippen molar-refractivity contribution in [3.63, 3.8) is 0 Å². The average Bonchev–Trinajstić information content (AvgIpc) is 3.24. The Kier molecular flexibility index (Phi) is 28.7. The van der Waals surface area contributed by atoms with Gasteiger partial charge < -0.3 is 55.6 Å². The van der Waals surface area contributed by atoms with E-state index in [1.165, 1.54) is 52.4 Å². The van der Waals surface area contributed by atoms with Gasteiger partial charge in [-0.15, -0.1) is 0 Å². The Hall–Kier alpha value is -3.87. The molecule has 9 atom stereocenters. The van der Waals surface area contributed by atoms with E-state index in [4.69, 9.17) is 26.1 Å². The number of nitrogens with one attached hydrogen (secondary N) is 3. The summed E-state index contributed by atoms with van der Waals surface area (Å²) in [6.07, 6.45) is 8.42. The smallest absolute Gasteiger partial charge is 0.309 e. The van der Waals surface area contributed by atoms with Crippen LogP contribution in [0.1, 0.15) is 169 Å². The number of primary amides is 1. The van der Waals surface area contributed by atoms with Crippen molar-refractivity contribution in [1.82, 2.24) is 15.9 Å². The number of aliphatic hydroxyl groups excluding tert-OH is 2. The first-order valence-electron chi connectivity index (χ1n) is 23.2. The van der Waals surface area contributed by atoms with E-state index in [0.29, 0.717) is 12.8 Å². The molecule has 0 saturated carbocycles. The van der Waals surface area contributed by atoms with Crippen LogP contribution < -0.4 is 21.7 Å². The minimum Gasteiger partial charge on any atom is -0.469 e. The SMILES string of the molecule is [2H]N(C(=O)[C@@H](C)O[C@H]1[C@H](O)[C@@H](COC(=O)C[C@@H](CCCCCCCCC)OC(=O)CCCCCCCCCCC)OC(O)[C@@H]1NC(C)=O)[C@@H](C)C(=O)N[C@@H](CCC(=O)OC)C(N)=O. The van der Waals surface area contributed by atoms with E-state index in [0.717, 1.165) is 71.8 Å². The van der Waals surface area contributed by atoms with Crippen molar-refractivity contribution in [2.75, 3.05) is 13.7 Å². The highest BCUT2D eigenvalue weighted by molar-refractivity contribution is 5.92. The Morgan fingerprint density at radius 3 is 1.87 bits per heavy atom. The highest BCUT2D eigenvalue weighted by Crippen LogP contribution is 2.25. The molecule has 1 unspecified atom stereocenters. The Balaban J connectivity index is 2.95. The first-order valence-corrected chi connectivity index (χ1v) is 22.7. The number of hydrogen-bond donors (Lipinski definition) is 6. The Morgan fingerprint density at radius 1 is 0.758 bits per heavy atom. The Morgan fingerprint density at radius 2 is 1.32 bits per heavy atom. The van der Waals surface area contributed by atoms with Crippen molar-refractivity contribution in [2.24, 2.45) is 5.73 Å². The van der Waals surface area contributed by atoms with Gasteiger partial charge in [0.2, 0.25) is 23.6 Å². The molecule has 7 N–H and O–H groups in total. The minimum atomic E-state index is -1.81. The molecule has 1 rings (SSSR count). The summed E-state index contributed by atoms with van der Waals surface area (Å²) in [5, 5.41) is 27.3. The molecule has 0 aliphatic carbocycles. The van der Waals surface area contributed by atoms with Gasteiger partial charge >= 0.3 is 17.9 Å². The Labute approximate surface area is 369 Å². The van der Waals surface area contributed by atoms with Crippen LogP contribution in [0.4, 0.5) is 0 Å². The molecular weight excluding hydrogens is 808 g/mol. The summed E-state index contributed by atoms with van der Waals surface area (Å²) in [5.41, 5.74) is 5.35. The van der Waals surface area contributed by atoms with Crippen molar-refractivity contribution in [3.8, 4) is 0 Å². The van der Waals surface area contributed by atoms with Crippen LogP contribution in [0, 0.1) is 0 Å². The van der Waals surface area contributed by atoms with Crippen molar-refractivity contribution in [3.05, 3.63) is 0 Å². The first-order chi connectivity index (χ1) is 30.0. The summed E-state index contributed by atoms with van der Waals surface area (Å²) >= 11 is 0. The zero-order chi connectivity index (χ0) is 47.3. The number of nitrogens with two attached hydrogens (primary N) is 1. The lowest BCUT2D eigenvalue weighted by molar-refractivity contribution is -0.267. The largest absolute Gasteiger partial charge is 0.469 e. The predicted octanol–water partition coefficient (Wildman–Crippen LogP) is 3.68.